The Hall–Kier alpha value is -2.61. The Morgan fingerprint density at radius 1 is 0.760 bits per heavy atom. The van der Waals surface area contributed by atoms with Crippen LogP contribution >= 0.6 is 0 Å². The summed E-state index contributed by atoms with van der Waals surface area (Å²) in [7, 11) is 0. The van der Waals surface area contributed by atoms with Crippen LogP contribution < -0.4 is 5.32 Å². The molecule has 1 nitrogen and oxygen atoms in total. The Balaban J connectivity index is 1.94. The molecule has 0 spiro atoms. The zero-order valence-corrected chi connectivity index (χ0v) is 15.3. The third-order valence-corrected chi connectivity index (χ3v) is 4.87. The molecule has 0 amide bonds. The van der Waals surface area contributed by atoms with Crippen LogP contribution in [0.4, 0.5) is 10.1 Å². The summed E-state index contributed by atoms with van der Waals surface area (Å²) in [4.78, 5) is 0. The number of halogens is 1. The summed E-state index contributed by atoms with van der Waals surface area (Å²) >= 11 is 0. The molecule has 25 heavy (non-hydrogen) atoms. The third kappa shape index (κ3) is 3.74. The summed E-state index contributed by atoms with van der Waals surface area (Å²) in [6.45, 7) is 9.25. The zero-order valence-electron chi connectivity index (χ0n) is 15.3. The van der Waals surface area contributed by atoms with Gasteiger partial charge in [-0.15, -0.1) is 0 Å². The standard InChI is InChI=1S/C23H24FN/c1-15-7-5-8-16(2)23(15)25-14-21-12-20(11-17(3)18(21)4)19-9-6-10-22(24)13-19/h5-13,25H,14H2,1-4H3. The van der Waals surface area contributed by atoms with Crippen LogP contribution in [-0.2, 0) is 6.54 Å². The third-order valence-electron chi connectivity index (χ3n) is 4.87. The average Bonchev–Trinajstić information content (AvgIpc) is 2.58. The van der Waals surface area contributed by atoms with Crippen LogP contribution in [0.25, 0.3) is 11.1 Å². The molecular weight excluding hydrogens is 309 g/mol. The normalized spacial score (nSPS) is 10.8. The molecule has 0 aromatic heterocycles. The SMILES string of the molecule is Cc1cc(-c2cccc(F)c2)cc(CNc2c(C)cccc2C)c1C. The van der Waals surface area contributed by atoms with Crippen molar-refractivity contribution in [2.45, 2.75) is 34.2 Å². The highest BCUT2D eigenvalue weighted by molar-refractivity contribution is 5.67. The van der Waals surface area contributed by atoms with E-state index in [-0.39, 0.29) is 5.82 Å². The van der Waals surface area contributed by atoms with Gasteiger partial charge in [0.25, 0.3) is 0 Å². The summed E-state index contributed by atoms with van der Waals surface area (Å²) in [5.41, 5.74) is 9.39. The van der Waals surface area contributed by atoms with Crippen molar-refractivity contribution in [3.05, 3.63) is 88.2 Å². The second-order valence-corrected chi connectivity index (χ2v) is 6.71. The fraction of sp³-hybridized carbons (Fsp3) is 0.217. The van der Waals surface area contributed by atoms with Crippen LogP contribution in [0.5, 0.6) is 0 Å². The van der Waals surface area contributed by atoms with Gasteiger partial charge in [-0.05, 0) is 84.8 Å². The Morgan fingerprint density at radius 2 is 1.44 bits per heavy atom. The smallest absolute Gasteiger partial charge is 0.123 e. The number of hydrogen-bond donors (Lipinski definition) is 1. The maximum absolute atomic E-state index is 13.6. The molecular formula is C23H24FN. The number of anilines is 1. The van der Waals surface area contributed by atoms with E-state index < -0.39 is 0 Å². The lowest BCUT2D eigenvalue weighted by Gasteiger charge is -2.16. The Labute approximate surface area is 149 Å². The molecule has 1 N–H and O–H groups in total. The number of aryl methyl sites for hydroxylation is 3. The molecule has 128 valence electrons. The summed E-state index contributed by atoms with van der Waals surface area (Å²) in [5.74, 6) is -0.203. The van der Waals surface area contributed by atoms with Gasteiger partial charge in [-0.25, -0.2) is 4.39 Å². The summed E-state index contributed by atoms with van der Waals surface area (Å²) < 4.78 is 13.6. The summed E-state index contributed by atoms with van der Waals surface area (Å²) in [5, 5.41) is 3.58. The van der Waals surface area contributed by atoms with Crippen molar-refractivity contribution >= 4 is 5.69 Å². The largest absolute Gasteiger partial charge is 0.381 e. The molecule has 0 saturated heterocycles. The first kappa shape index (κ1) is 17.2. The molecule has 3 rings (SSSR count). The molecule has 3 aromatic rings. The van der Waals surface area contributed by atoms with Crippen molar-refractivity contribution in [3.63, 3.8) is 0 Å². The minimum Gasteiger partial charge on any atom is -0.381 e. The van der Waals surface area contributed by atoms with Crippen molar-refractivity contribution in [1.29, 1.82) is 0 Å². The first-order valence-corrected chi connectivity index (χ1v) is 8.62. The van der Waals surface area contributed by atoms with Gasteiger partial charge in [0, 0.05) is 12.2 Å². The van der Waals surface area contributed by atoms with E-state index in [9.17, 15) is 4.39 Å². The van der Waals surface area contributed by atoms with E-state index in [0.29, 0.717) is 0 Å². The molecule has 0 fully saturated rings. The monoisotopic (exact) mass is 333 g/mol. The lowest BCUT2D eigenvalue weighted by Crippen LogP contribution is -2.05. The van der Waals surface area contributed by atoms with Crippen molar-refractivity contribution in [3.8, 4) is 11.1 Å². The van der Waals surface area contributed by atoms with E-state index in [1.807, 2.05) is 6.07 Å². The van der Waals surface area contributed by atoms with E-state index in [4.69, 9.17) is 0 Å². The molecule has 0 unspecified atom stereocenters. The molecule has 0 atom stereocenters. The van der Waals surface area contributed by atoms with Crippen LogP contribution in [0.1, 0.15) is 27.8 Å². The van der Waals surface area contributed by atoms with Crippen molar-refractivity contribution in [2.24, 2.45) is 0 Å². The van der Waals surface area contributed by atoms with Gasteiger partial charge >= 0.3 is 0 Å². The van der Waals surface area contributed by atoms with Crippen LogP contribution in [0, 0.1) is 33.5 Å². The number of hydrogen-bond acceptors (Lipinski definition) is 1. The molecule has 0 aliphatic heterocycles. The van der Waals surface area contributed by atoms with Gasteiger partial charge in [0.1, 0.15) is 5.82 Å². The second-order valence-electron chi connectivity index (χ2n) is 6.71. The second kappa shape index (κ2) is 7.10. The maximum Gasteiger partial charge on any atom is 0.123 e. The van der Waals surface area contributed by atoms with Crippen LogP contribution in [0.3, 0.4) is 0 Å². The van der Waals surface area contributed by atoms with Gasteiger partial charge in [0.15, 0.2) is 0 Å². The van der Waals surface area contributed by atoms with E-state index in [0.717, 1.165) is 17.7 Å². The highest BCUT2D eigenvalue weighted by Gasteiger charge is 2.08. The van der Waals surface area contributed by atoms with Gasteiger partial charge in [0.2, 0.25) is 0 Å². The average molecular weight is 333 g/mol. The van der Waals surface area contributed by atoms with Crippen molar-refractivity contribution in [1.82, 2.24) is 0 Å². The van der Waals surface area contributed by atoms with Crippen molar-refractivity contribution < 1.29 is 4.39 Å². The molecule has 0 aliphatic rings. The Morgan fingerprint density at radius 3 is 2.12 bits per heavy atom. The molecule has 0 bridgehead atoms. The zero-order chi connectivity index (χ0) is 18.0. The highest BCUT2D eigenvalue weighted by Crippen LogP contribution is 2.27. The molecule has 3 aromatic carbocycles. The lowest BCUT2D eigenvalue weighted by atomic mass is 9.95. The van der Waals surface area contributed by atoms with Gasteiger partial charge < -0.3 is 5.32 Å². The quantitative estimate of drug-likeness (QED) is 0.587. The summed E-state index contributed by atoms with van der Waals surface area (Å²) in [6.07, 6.45) is 0. The molecule has 0 heterocycles. The predicted octanol–water partition coefficient (Wildman–Crippen LogP) is 6.34. The number of rotatable bonds is 4. The van der Waals surface area contributed by atoms with Crippen molar-refractivity contribution in [2.75, 3.05) is 5.32 Å². The van der Waals surface area contributed by atoms with Gasteiger partial charge in [-0.2, -0.15) is 0 Å². The molecule has 2 heteroatoms. The Kier molecular flexibility index (Phi) is 4.89. The van der Waals surface area contributed by atoms with Crippen LogP contribution in [0.2, 0.25) is 0 Å². The first-order valence-electron chi connectivity index (χ1n) is 8.62. The number of nitrogens with one attached hydrogen (secondary N) is 1. The number of benzene rings is 3. The van der Waals surface area contributed by atoms with E-state index in [1.165, 1.54) is 39.6 Å². The molecule has 0 aliphatic carbocycles. The van der Waals surface area contributed by atoms with E-state index >= 15 is 0 Å². The van der Waals surface area contributed by atoms with Crippen LogP contribution in [0.15, 0.2) is 54.6 Å². The van der Waals surface area contributed by atoms with Gasteiger partial charge in [-0.3, -0.25) is 0 Å². The first-order chi connectivity index (χ1) is 12.0. The van der Waals surface area contributed by atoms with Crippen LogP contribution in [-0.4, -0.2) is 0 Å². The van der Waals surface area contributed by atoms with E-state index in [1.54, 1.807) is 12.1 Å². The fourth-order valence-corrected chi connectivity index (χ4v) is 3.23. The van der Waals surface area contributed by atoms with E-state index in [2.05, 4.69) is 63.3 Å². The number of para-hydroxylation sites is 1. The molecule has 0 radical (unpaired) electrons. The fourth-order valence-electron chi connectivity index (χ4n) is 3.23. The predicted molar refractivity (Wildman–Crippen MR) is 105 cm³/mol. The highest BCUT2D eigenvalue weighted by atomic mass is 19.1. The minimum absolute atomic E-state index is 0.203. The van der Waals surface area contributed by atoms with Gasteiger partial charge in [0.05, 0.1) is 0 Å². The Bertz CT molecular complexity index is 892. The maximum atomic E-state index is 13.6. The minimum atomic E-state index is -0.203. The lowest BCUT2D eigenvalue weighted by molar-refractivity contribution is 0.628. The summed E-state index contributed by atoms with van der Waals surface area (Å²) in [6, 6.07) is 17.4. The molecule has 0 saturated carbocycles. The van der Waals surface area contributed by atoms with Gasteiger partial charge in [-0.1, -0.05) is 36.4 Å². The topological polar surface area (TPSA) is 12.0 Å².